The molecular weight excluding hydrogens is 596 g/mol. The maximum absolute atomic E-state index is 14.3. The Bertz CT molecular complexity index is 1580. The highest BCUT2D eigenvalue weighted by Crippen LogP contribution is 2.47. The van der Waals surface area contributed by atoms with Crippen LogP contribution < -0.4 is 10.6 Å². The lowest BCUT2D eigenvalue weighted by Gasteiger charge is -2.45. The SMILES string of the molecule is C[C@@H]1CN(c2nc(=O)n3c4c(c(Cl)c(C(F)(F)F)cc24)SC[C@@H](c2ccc(F)cc2)C3)C[C@H](C)N1C(=O)OC(C)(C)C. The van der Waals surface area contributed by atoms with Crippen LogP contribution in [0.15, 0.2) is 40.0 Å². The van der Waals surface area contributed by atoms with Gasteiger partial charge in [0, 0.05) is 36.7 Å². The van der Waals surface area contributed by atoms with Gasteiger partial charge in [-0.2, -0.15) is 18.2 Å². The van der Waals surface area contributed by atoms with E-state index in [0.29, 0.717) is 5.75 Å². The van der Waals surface area contributed by atoms with Gasteiger partial charge < -0.3 is 9.64 Å². The zero-order chi connectivity index (χ0) is 30.7. The average Bonchev–Trinajstić information content (AvgIpc) is 3.07. The molecule has 3 heterocycles. The maximum atomic E-state index is 14.3. The lowest BCUT2D eigenvalue weighted by Crippen LogP contribution is -2.59. The summed E-state index contributed by atoms with van der Waals surface area (Å²) in [6.45, 7) is 9.53. The molecule has 3 aromatic rings. The fourth-order valence-corrected chi connectivity index (χ4v) is 7.36. The van der Waals surface area contributed by atoms with Gasteiger partial charge in [0.25, 0.3) is 0 Å². The van der Waals surface area contributed by atoms with Gasteiger partial charge in [-0.05, 0) is 58.4 Å². The number of carbonyl (C=O) groups excluding carboxylic acids is 1. The molecule has 226 valence electrons. The molecule has 0 unspecified atom stereocenters. The number of aromatic nitrogens is 2. The molecule has 7 nitrogen and oxygen atoms in total. The minimum Gasteiger partial charge on any atom is -0.444 e. The third-order valence-corrected chi connectivity index (χ3v) is 9.20. The molecule has 0 bridgehead atoms. The second kappa shape index (κ2) is 10.9. The van der Waals surface area contributed by atoms with Crippen molar-refractivity contribution in [2.75, 3.05) is 23.7 Å². The number of amides is 1. The van der Waals surface area contributed by atoms with E-state index in [0.717, 1.165) is 23.4 Å². The number of rotatable bonds is 2. The molecule has 1 aromatic heterocycles. The number of thioether (sulfide) groups is 1. The smallest absolute Gasteiger partial charge is 0.417 e. The van der Waals surface area contributed by atoms with Crippen molar-refractivity contribution in [1.82, 2.24) is 14.5 Å². The molecule has 0 N–H and O–H groups in total. The molecule has 3 atom stereocenters. The van der Waals surface area contributed by atoms with Crippen molar-refractivity contribution in [1.29, 1.82) is 0 Å². The number of piperazine rings is 1. The maximum Gasteiger partial charge on any atom is 0.417 e. The third-order valence-electron chi connectivity index (χ3n) is 7.44. The van der Waals surface area contributed by atoms with Crippen LogP contribution >= 0.6 is 23.4 Å². The van der Waals surface area contributed by atoms with Crippen LogP contribution in [0.4, 0.5) is 28.2 Å². The van der Waals surface area contributed by atoms with Crippen molar-refractivity contribution < 1.29 is 27.1 Å². The number of ether oxygens (including phenoxy) is 1. The molecule has 0 radical (unpaired) electrons. The molecule has 1 saturated heterocycles. The normalized spacial score (nSPS) is 21.4. The molecule has 2 aromatic carbocycles. The summed E-state index contributed by atoms with van der Waals surface area (Å²) < 4.78 is 63.3. The van der Waals surface area contributed by atoms with Gasteiger partial charge in [-0.15, -0.1) is 11.8 Å². The second-order valence-electron chi connectivity index (χ2n) is 11.8. The molecule has 1 fully saturated rings. The number of benzene rings is 2. The van der Waals surface area contributed by atoms with E-state index in [2.05, 4.69) is 4.98 Å². The van der Waals surface area contributed by atoms with Crippen LogP contribution in [0.1, 0.15) is 51.7 Å². The predicted molar refractivity (Wildman–Crippen MR) is 155 cm³/mol. The highest BCUT2D eigenvalue weighted by molar-refractivity contribution is 7.99. The molecule has 13 heteroatoms. The topological polar surface area (TPSA) is 67.7 Å². The Labute approximate surface area is 249 Å². The van der Waals surface area contributed by atoms with Crippen LogP contribution in [0.3, 0.4) is 0 Å². The van der Waals surface area contributed by atoms with Gasteiger partial charge in [0.15, 0.2) is 0 Å². The van der Waals surface area contributed by atoms with Crippen LogP contribution in [0.5, 0.6) is 0 Å². The summed E-state index contributed by atoms with van der Waals surface area (Å²) in [4.78, 5) is 34.4. The number of nitrogens with zero attached hydrogens (tertiary/aromatic N) is 4. The molecule has 42 heavy (non-hydrogen) atoms. The van der Waals surface area contributed by atoms with E-state index in [1.54, 1.807) is 42.7 Å². The Morgan fingerprint density at radius 2 is 1.69 bits per heavy atom. The van der Waals surface area contributed by atoms with Crippen LogP contribution in [0.2, 0.25) is 5.02 Å². The number of alkyl halides is 3. The molecule has 2 aliphatic rings. The van der Waals surface area contributed by atoms with Gasteiger partial charge in [-0.25, -0.2) is 14.0 Å². The highest BCUT2D eigenvalue weighted by atomic mass is 35.5. The molecule has 1 amide bonds. The number of hydrogen-bond acceptors (Lipinski definition) is 6. The minimum absolute atomic E-state index is 0.109. The summed E-state index contributed by atoms with van der Waals surface area (Å²) in [5.74, 6) is -0.291. The Morgan fingerprint density at radius 1 is 1.07 bits per heavy atom. The van der Waals surface area contributed by atoms with Crippen LogP contribution in [-0.4, -0.2) is 57.1 Å². The molecular formula is C29H31ClF4N4O3S. The van der Waals surface area contributed by atoms with Gasteiger partial charge in [0.05, 0.1) is 33.1 Å². The second-order valence-corrected chi connectivity index (χ2v) is 13.2. The summed E-state index contributed by atoms with van der Waals surface area (Å²) in [5, 5.41) is -0.319. The Morgan fingerprint density at radius 3 is 2.26 bits per heavy atom. The van der Waals surface area contributed by atoms with Crippen LogP contribution in [-0.2, 0) is 17.5 Å². The van der Waals surface area contributed by atoms with E-state index >= 15 is 0 Å². The van der Waals surface area contributed by atoms with E-state index in [-0.39, 0.29) is 59.3 Å². The lowest BCUT2D eigenvalue weighted by molar-refractivity contribution is -0.137. The molecule has 5 rings (SSSR count). The fourth-order valence-electron chi connectivity index (χ4n) is 5.68. The first-order valence-corrected chi connectivity index (χ1v) is 14.9. The van der Waals surface area contributed by atoms with Gasteiger partial charge in [-0.1, -0.05) is 23.7 Å². The summed E-state index contributed by atoms with van der Waals surface area (Å²) in [6, 6.07) is 6.03. The summed E-state index contributed by atoms with van der Waals surface area (Å²) in [6.07, 6.45) is -5.24. The Kier molecular flexibility index (Phi) is 7.93. The third kappa shape index (κ3) is 5.79. The van der Waals surface area contributed by atoms with Crippen molar-refractivity contribution in [3.63, 3.8) is 0 Å². The Balaban J connectivity index is 1.63. The largest absolute Gasteiger partial charge is 0.444 e. The highest BCUT2D eigenvalue weighted by Gasteiger charge is 2.40. The quantitative estimate of drug-likeness (QED) is 0.287. The fraction of sp³-hybridized carbons (Fsp3) is 0.483. The number of carbonyl (C=O) groups is 1. The van der Waals surface area contributed by atoms with Crippen LogP contribution in [0.25, 0.3) is 10.9 Å². The van der Waals surface area contributed by atoms with Crippen molar-refractivity contribution >= 4 is 46.2 Å². The number of hydrogen-bond donors (Lipinski definition) is 0. The van der Waals surface area contributed by atoms with E-state index in [4.69, 9.17) is 16.3 Å². The Hall–Kier alpha value is -2.99. The first-order chi connectivity index (χ1) is 19.5. The standard InChI is InChI=1S/C29H31ClF4N4O3S/c1-15-11-36(12-16(2)38(15)27(40)41-28(3,4)5)25-20-10-21(29(32,33)34)22(30)24-23(20)37(26(39)35-25)13-18(14-42-24)17-6-8-19(31)9-7-17/h6-10,15-16,18H,11-14H2,1-5H3/t15-,16+,18-/m0/s1. The van der Waals surface area contributed by atoms with Crippen molar-refractivity contribution in [3.8, 4) is 0 Å². The zero-order valence-electron chi connectivity index (χ0n) is 23.8. The summed E-state index contributed by atoms with van der Waals surface area (Å²) in [7, 11) is 0. The van der Waals surface area contributed by atoms with E-state index in [1.807, 2.05) is 13.8 Å². The van der Waals surface area contributed by atoms with Crippen molar-refractivity contribution in [3.05, 3.63) is 62.8 Å². The van der Waals surface area contributed by atoms with Crippen LogP contribution in [0, 0.1) is 5.82 Å². The van der Waals surface area contributed by atoms with E-state index in [9.17, 15) is 27.2 Å². The van der Waals surface area contributed by atoms with Gasteiger partial charge in [0.1, 0.15) is 17.2 Å². The monoisotopic (exact) mass is 626 g/mol. The molecule has 0 aliphatic carbocycles. The van der Waals surface area contributed by atoms with Gasteiger partial charge >= 0.3 is 18.0 Å². The summed E-state index contributed by atoms with van der Waals surface area (Å²) >= 11 is 7.55. The number of halogens is 5. The summed E-state index contributed by atoms with van der Waals surface area (Å²) in [5.41, 5.74) is -1.31. The van der Waals surface area contributed by atoms with Gasteiger partial charge in [-0.3, -0.25) is 9.47 Å². The molecule has 0 saturated carbocycles. The van der Waals surface area contributed by atoms with E-state index in [1.165, 1.54) is 16.7 Å². The minimum atomic E-state index is -4.75. The molecule has 0 spiro atoms. The molecule has 2 aliphatic heterocycles. The number of anilines is 1. The van der Waals surface area contributed by atoms with Gasteiger partial charge in [0.2, 0.25) is 0 Å². The first kappa shape index (κ1) is 30.5. The average molecular weight is 627 g/mol. The lowest BCUT2D eigenvalue weighted by atomic mass is 10.0. The van der Waals surface area contributed by atoms with Crippen molar-refractivity contribution in [2.24, 2.45) is 0 Å². The first-order valence-electron chi connectivity index (χ1n) is 13.5. The zero-order valence-corrected chi connectivity index (χ0v) is 25.3. The van der Waals surface area contributed by atoms with Crippen molar-refractivity contribution in [2.45, 2.75) is 75.8 Å². The predicted octanol–water partition coefficient (Wildman–Crippen LogP) is 6.93. The van der Waals surface area contributed by atoms with E-state index < -0.39 is 40.0 Å².